The number of carbonyl (C=O) groups is 1. The van der Waals surface area contributed by atoms with Crippen molar-refractivity contribution in [1.82, 2.24) is 9.97 Å². The standard InChI is InChI=1S/C8H8N2OS/c1-2-3-12-8-9-4-7(6-11)5-10-8/h2,4-6H,1,3H2. The van der Waals surface area contributed by atoms with E-state index in [0.29, 0.717) is 10.7 Å². The molecule has 0 saturated heterocycles. The van der Waals surface area contributed by atoms with Crippen molar-refractivity contribution < 1.29 is 4.79 Å². The summed E-state index contributed by atoms with van der Waals surface area (Å²) in [5, 5.41) is 0.667. The molecule has 0 radical (unpaired) electrons. The predicted molar refractivity (Wildman–Crippen MR) is 48.3 cm³/mol. The van der Waals surface area contributed by atoms with E-state index in [9.17, 15) is 4.79 Å². The Hall–Kier alpha value is -1.16. The van der Waals surface area contributed by atoms with E-state index in [0.717, 1.165) is 12.0 Å². The third kappa shape index (κ3) is 2.47. The molecule has 62 valence electrons. The van der Waals surface area contributed by atoms with Crippen LogP contribution in [0.3, 0.4) is 0 Å². The minimum absolute atomic E-state index is 0.498. The summed E-state index contributed by atoms with van der Waals surface area (Å²) in [5.74, 6) is 0.778. The topological polar surface area (TPSA) is 42.9 Å². The maximum Gasteiger partial charge on any atom is 0.187 e. The third-order valence-corrected chi connectivity index (χ3v) is 1.99. The molecule has 0 spiro atoms. The van der Waals surface area contributed by atoms with Gasteiger partial charge in [0.15, 0.2) is 11.4 Å². The first-order valence-corrected chi connectivity index (χ1v) is 4.36. The first-order chi connectivity index (χ1) is 5.86. The first kappa shape index (κ1) is 8.93. The van der Waals surface area contributed by atoms with E-state index in [1.54, 1.807) is 6.08 Å². The van der Waals surface area contributed by atoms with Crippen molar-refractivity contribution in [3.63, 3.8) is 0 Å². The fourth-order valence-electron chi connectivity index (χ4n) is 0.595. The normalized spacial score (nSPS) is 9.33. The number of hydrogen-bond donors (Lipinski definition) is 0. The van der Waals surface area contributed by atoms with Gasteiger partial charge in [-0.1, -0.05) is 17.8 Å². The molecule has 0 bridgehead atoms. The second kappa shape index (κ2) is 4.66. The van der Waals surface area contributed by atoms with Gasteiger partial charge in [0.25, 0.3) is 0 Å². The minimum Gasteiger partial charge on any atom is -0.298 e. The number of aromatic nitrogens is 2. The van der Waals surface area contributed by atoms with Crippen molar-refractivity contribution in [3.05, 3.63) is 30.6 Å². The molecular weight excluding hydrogens is 172 g/mol. The fourth-order valence-corrected chi connectivity index (χ4v) is 1.12. The lowest BCUT2D eigenvalue weighted by Gasteiger charge is -1.94. The maximum absolute atomic E-state index is 10.2. The van der Waals surface area contributed by atoms with Crippen molar-refractivity contribution in [1.29, 1.82) is 0 Å². The van der Waals surface area contributed by atoms with E-state index >= 15 is 0 Å². The van der Waals surface area contributed by atoms with Crippen molar-refractivity contribution >= 4 is 18.0 Å². The number of thioether (sulfide) groups is 1. The minimum atomic E-state index is 0.498. The van der Waals surface area contributed by atoms with Crippen LogP contribution < -0.4 is 0 Å². The van der Waals surface area contributed by atoms with Gasteiger partial charge in [-0.15, -0.1) is 6.58 Å². The second-order valence-corrected chi connectivity index (χ2v) is 3.00. The van der Waals surface area contributed by atoms with Crippen LogP contribution in [-0.2, 0) is 0 Å². The van der Waals surface area contributed by atoms with Crippen molar-refractivity contribution in [2.75, 3.05) is 5.75 Å². The molecule has 0 unspecified atom stereocenters. The van der Waals surface area contributed by atoms with Crippen LogP contribution in [-0.4, -0.2) is 22.0 Å². The Labute approximate surface area is 74.9 Å². The lowest BCUT2D eigenvalue weighted by Crippen LogP contribution is -1.89. The van der Waals surface area contributed by atoms with E-state index in [1.807, 2.05) is 0 Å². The van der Waals surface area contributed by atoms with E-state index in [1.165, 1.54) is 24.2 Å². The Bertz CT molecular complexity index is 271. The summed E-state index contributed by atoms with van der Waals surface area (Å²) in [6.45, 7) is 3.58. The van der Waals surface area contributed by atoms with Crippen LogP contribution >= 0.6 is 11.8 Å². The summed E-state index contributed by atoms with van der Waals surface area (Å²) in [7, 11) is 0. The molecule has 0 saturated carbocycles. The van der Waals surface area contributed by atoms with Gasteiger partial charge in [0.05, 0.1) is 5.56 Å². The molecule has 1 aromatic heterocycles. The first-order valence-electron chi connectivity index (χ1n) is 3.37. The molecule has 12 heavy (non-hydrogen) atoms. The number of aldehydes is 1. The van der Waals surface area contributed by atoms with Gasteiger partial charge in [-0.25, -0.2) is 9.97 Å². The van der Waals surface area contributed by atoms with Crippen LogP contribution in [0.4, 0.5) is 0 Å². The van der Waals surface area contributed by atoms with Gasteiger partial charge in [0, 0.05) is 18.1 Å². The molecule has 0 fully saturated rings. The Balaban J connectivity index is 2.64. The molecule has 3 nitrogen and oxygen atoms in total. The molecule has 0 atom stereocenters. The number of hydrogen-bond acceptors (Lipinski definition) is 4. The van der Waals surface area contributed by atoms with Gasteiger partial charge in [-0.3, -0.25) is 4.79 Å². The Morgan fingerprint density at radius 2 is 2.17 bits per heavy atom. The maximum atomic E-state index is 10.2. The van der Waals surface area contributed by atoms with Crippen molar-refractivity contribution in [2.45, 2.75) is 5.16 Å². The lowest BCUT2D eigenvalue weighted by molar-refractivity contribution is 0.112. The summed E-state index contributed by atoms with van der Waals surface area (Å²) >= 11 is 1.48. The zero-order chi connectivity index (χ0) is 8.81. The van der Waals surface area contributed by atoms with Crippen LogP contribution in [0.15, 0.2) is 30.2 Å². The van der Waals surface area contributed by atoms with Crippen molar-refractivity contribution in [3.8, 4) is 0 Å². The summed E-state index contributed by atoms with van der Waals surface area (Å²) in [6.07, 6.45) is 5.51. The summed E-state index contributed by atoms with van der Waals surface area (Å²) in [4.78, 5) is 18.1. The fraction of sp³-hybridized carbons (Fsp3) is 0.125. The SMILES string of the molecule is C=CCSc1ncc(C=O)cn1. The monoisotopic (exact) mass is 180 g/mol. The molecule has 1 aromatic rings. The number of carbonyl (C=O) groups excluding carboxylic acids is 1. The summed E-state index contributed by atoms with van der Waals surface area (Å²) in [5.41, 5.74) is 0.498. The molecule has 4 heteroatoms. The molecule has 0 N–H and O–H groups in total. The van der Waals surface area contributed by atoms with E-state index in [4.69, 9.17) is 0 Å². The summed E-state index contributed by atoms with van der Waals surface area (Å²) in [6, 6.07) is 0. The Morgan fingerprint density at radius 1 is 1.50 bits per heavy atom. The average molecular weight is 180 g/mol. The quantitative estimate of drug-likeness (QED) is 0.305. The van der Waals surface area contributed by atoms with Crippen LogP contribution in [0.2, 0.25) is 0 Å². The molecule has 0 aliphatic heterocycles. The molecule has 1 rings (SSSR count). The van der Waals surface area contributed by atoms with Crippen LogP contribution in [0.5, 0.6) is 0 Å². The molecule has 0 aliphatic rings. The summed E-state index contributed by atoms with van der Waals surface area (Å²) < 4.78 is 0. The van der Waals surface area contributed by atoms with Crippen LogP contribution in [0.25, 0.3) is 0 Å². The highest BCUT2D eigenvalue weighted by atomic mass is 32.2. The zero-order valence-electron chi connectivity index (χ0n) is 6.43. The van der Waals surface area contributed by atoms with Crippen LogP contribution in [0, 0.1) is 0 Å². The van der Waals surface area contributed by atoms with Gasteiger partial charge in [0.2, 0.25) is 0 Å². The van der Waals surface area contributed by atoms with Gasteiger partial charge in [-0.2, -0.15) is 0 Å². The van der Waals surface area contributed by atoms with Crippen molar-refractivity contribution in [2.24, 2.45) is 0 Å². The van der Waals surface area contributed by atoms with Gasteiger partial charge < -0.3 is 0 Å². The number of nitrogens with zero attached hydrogens (tertiary/aromatic N) is 2. The Morgan fingerprint density at radius 3 is 2.67 bits per heavy atom. The molecule has 0 aromatic carbocycles. The van der Waals surface area contributed by atoms with Crippen LogP contribution in [0.1, 0.15) is 10.4 Å². The zero-order valence-corrected chi connectivity index (χ0v) is 7.25. The molecule has 1 heterocycles. The highest BCUT2D eigenvalue weighted by Gasteiger charge is 1.95. The van der Waals surface area contributed by atoms with E-state index < -0.39 is 0 Å². The Kier molecular flexibility index (Phi) is 3.47. The van der Waals surface area contributed by atoms with E-state index in [2.05, 4.69) is 16.5 Å². The average Bonchev–Trinajstić information content (AvgIpc) is 2.15. The highest BCUT2D eigenvalue weighted by Crippen LogP contribution is 2.10. The van der Waals surface area contributed by atoms with Gasteiger partial charge in [0.1, 0.15) is 0 Å². The van der Waals surface area contributed by atoms with Gasteiger partial charge >= 0.3 is 0 Å². The molecular formula is C8H8N2OS. The molecule has 0 amide bonds. The molecule has 0 aliphatic carbocycles. The van der Waals surface area contributed by atoms with Gasteiger partial charge in [-0.05, 0) is 0 Å². The highest BCUT2D eigenvalue weighted by molar-refractivity contribution is 7.99. The second-order valence-electron chi connectivity index (χ2n) is 2.02. The largest absolute Gasteiger partial charge is 0.298 e. The number of rotatable bonds is 4. The third-order valence-electron chi connectivity index (χ3n) is 1.11. The van der Waals surface area contributed by atoms with E-state index in [-0.39, 0.29) is 0 Å². The smallest absolute Gasteiger partial charge is 0.187 e. The predicted octanol–water partition coefficient (Wildman–Crippen LogP) is 1.57. The lowest BCUT2D eigenvalue weighted by atomic mass is 10.4.